The summed E-state index contributed by atoms with van der Waals surface area (Å²) in [6.07, 6.45) is 0. The number of hydrogen-bond acceptors (Lipinski definition) is 3. The third-order valence-electron chi connectivity index (χ3n) is 2.98. The summed E-state index contributed by atoms with van der Waals surface area (Å²) in [6, 6.07) is 7.52. The second kappa shape index (κ2) is 6.40. The molecule has 0 bridgehead atoms. The van der Waals surface area contributed by atoms with Gasteiger partial charge in [0, 0.05) is 37.9 Å². The zero-order valence-corrected chi connectivity index (χ0v) is 11.6. The van der Waals surface area contributed by atoms with E-state index in [9.17, 15) is 4.79 Å². The van der Waals surface area contributed by atoms with Gasteiger partial charge in [-0.1, -0.05) is 19.9 Å². The number of carbonyl (C=O) groups excluding carboxylic acids is 1. The first kappa shape index (κ1) is 14.5. The standard InChI is InChI=1S/C14H23N3O/c1-10(2)13(15)9-16-14(18)11-6-5-7-12(8-11)17(3)4/h5-8,10,13H,9,15H2,1-4H3,(H,16,18). The number of benzene rings is 1. The molecule has 1 unspecified atom stereocenters. The van der Waals surface area contributed by atoms with Crippen molar-refractivity contribution in [2.24, 2.45) is 11.7 Å². The van der Waals surface area contributed by atoms with Crippen LogP contribution in [-0.2, 0) is 0 Å². The molecule has 0 heterocycles. The molecule has 0 radical (unpaired) electrons. The lowest BCUT2D eigenvalue weighted by molar-refractivity contribution is 0.0949. The Morgan fingerprint density at radius 2 is 2.06 bits per heavy atom. The van der Waals surface area contributed by atoms with Crippen molar-refractivity contribution in [3.05, 3.63) is 29.8 Å². The summed E-state index contributed by atoms with van der Waals surface area (Å²) in [5, 5.41) is 2.86. The SMILES string of the molecule is CC(C)C(N)CNC(=O)c1cccc(N(C)C)c1. The topological polar surface area (TPSA) is 58.4 Å². The summed E-state index contributed by atoms with van der Waals surface area (Å²) >= 11 is 0. The van der Waals surface area contributed by atoms with Crippen molar-refractivity contribution < 1.29 is 4.79 Å². The minimum atomic E-state index is -0.0743. The van der Waals surface area contributed by atoms with Crippen molar-refractivity contribution in [2.45, 2.75) is 19.9 Å². The molecular formula is C14H23N3O. The molecule has 0 aliphatic carbocycles. The van der Waals surface area contributed by atoms with Gasteiger partial charge in [0.15, 0.2) is 0 Å². The zero-order chi connectivity index (χ0) is 13.7. The number of nitrogens with two attached hydrogens (primary N) is 1. The molecule has 0 spiro atoms. The third-order valence-corrected chi connectivity index (χ3v) is 2.98. The normalized spacial score (nSPS) is 12.3. The van der Waals surface area contributed by atoms with Crippen LogP contribution in [0, 0.1) is 5.92 Å². The van der Waals surface area contributed by atoms with Gasteiger partial charge in [-0.15, -0.1) is 0 Å². The fourth-order valence-corrected chi connectivity index (χ4v) is 1.47. The second-order valence-electron chi connectivity index (χ2n) is 5.06. The molecule has 0 aliphatic rings. The van der Waals surface area contributed by atoms with E-state index >= 15 is 0 Å². The summed E-state index contributed by atoms with van der Waals surface area (Å²) < 4.78 is 0. The molecule has 0 saturated heterocycles. The highest BCUT2D eigenvalue weighted by Gasteiger charge is 2.11. The molecule has 1 aromatic carbocycles. The van der Waals surface area contributed by atoms with E-state index in [2.05, 4.69) is 5.32 Å². The van der Waals surface area contributed by atoms with E-state index < -0.39 is 0 Å². The fraction of sp³-hybridized carbons (Fsp3) is 0.500. The Morgan fingerprint density at radius 1 is 1.39 bits per heavy atom. The number of hydrogen-bond donors (Lipinski definition) is 2. The van der Waals surface area contributed by atoms with Crippen LogP contribution in [0.1, 0.15) is 24.2 Å². The van der Waals surface area contributed by atoms with Crippen LogP contribution >= 0.6 is 0 Å². The van der Waals surface area contributed by atoms with Gasteiger partial charge in [0.25, 0.3) is 5.91 Å². The monoisotopic (exact) mass is 249 g/mol. The van der Waals surface area contributed by atoms with Crippen molar-refractivity contribution in [3.8, 4) is 0 Å². The average molecular weight is 249 g/mol. The van der Waals surface area contributed by atoms with Crippen LogP contribution in [0.15, 0.2) is 24.3 Å². The van der Waals surface area contributed by atoms with E-state index in [1.165, 1.54) is 0 Å². The molecule has 0 fully saturated rings. The van der Waals surface area contributed by atoms with E-state index in [1.54, 1.807) is 0 Å². The first-order chi connectivity index (χ1) is 8.41. The summed E-state index contributed by atoms with van der Waals surface area (Å²) in [4.78, 5) is 13.9. The van der Waals surface area contributed by atoms with Crippen molar-refractivity contribution in [3.63, 3.8) is 0 Å². The predicted octanol–water partition coefficient (Wildman–Crippen LogP) is 1.47. The number of amides is 1. The third kappa shape index (κ3) is 4.04. The van der Waals surface area contributed by atoms with Gasteiger partial charge in [0.1, 0.15) is 0 Å². The van der Waals surface area contributed by atoms with Crippen LogP contribution in [0.25, 0.3) is 0 Å². The number of nitrogens with zero attached hydrogens (tertiary/aromatic N) is 1. The highest BCUT2D eigenvalue weighted by atomic mass is 16.1. The van der Waals surface area contributed by atoms with Crippen LogP contribution in [-0.4, -0.2) is 32.6 Å². The minimum Gasteiger partial charge on any atom is -0.378 e. The Balaban J connectivity index is 2.64. The number of carbonyl (C=O) groups is 1. The molecule has 0 aliphatic heterocycles. The summed E-state index contributed by atoms with van der Waals surface area (Å²) in [5.74, 6) is 0.285. The van der Waals surface area contributed by atoms with Gasteiger partial charge in [0.2, 0.25) is 0 Å². The molecule has 18 heavy (non-hydrogen) atoms. The molecule has 100 valence electrons. The van der Waals surface area contributed by atoms with Crippen molar-refractivity contribution >= 4 is 11.6 Å². The summed E-state index contributed by atoms with van der Waals surface area (Å²) in [5.41, 5.74) is 7.57. The van der Waals surface area contributed by atoms with Gasteiger partial charge in [-0.25, -0.2) is 0 Å². The number of anilines is 1. The first-order valence-electron chi connectivity index (χ1n) is 6.23. The Labute approximate surface area is 109 Å². The van der Waals surface area contributed by atoms with E-state index in [-0.39, 0.29) is 11.9 Å². The maximum Gasteiger partial charge on any atom is 0.251 e. The lowest BCUT2D eigenvalue weighted by atomic mass is 10.1. The van der Waals surface area contributed by atoms with Crippen LogP contribution in [0.4, 0.5) is 5.69 Å². The van der Waals surface area contributed by atoms with Gasteiger partial charge in [-0.2, -0.15) is 0 Å². The Morgan fingerprint density at radius 3 is 2.61 bits per heavy atom. The number of rotatable bonds is 5. The average Bonchev–Trinajstić information content (AvgIpc) is 2.35. The van der Waals surface area contributed by atoms with E-state index in [0.717, 1.165) is 5.69 Å². The van der Waals surface area contributed by atoms with Gasteiger partial charge in [-0.3, -0.25) is 4.79 Å². The molecule has 0 aromatic heterocycles. The zero-order valence-electron chi connectivity index (χ0n) is 11.6. The lowest BCUT2D eigenvalue weighted by Crippen LogP contribution is -2.40. The van der Waals surface area contributed by atoms with Crippen LogP contribution in [0.2, 0.25) is 0 Å². The van der Waals surface area contributed by atoms with Crippen molar-refractivity contribution in [2.75, 3.05) is 25.5 Å². The first-order valence-corrected chi connectivity index (χ1v) is 6.23. The highest BCUT2D eigenvalue weighted by molar-refractivity contribution is 5.95. The van der Waals surface area contributed by atoms with Crippen molar-refractivity contribution in [1.29, 1.82) is 0 Å². The number of nitrogens with one attached hydrogen (secondary N) is 1. The molecule has 4 heteroatoms. The van der Waals surface area contributed by atoms with Crippen molar-refractivity contribution in [1.82, 2.24) is 5.32 Å². The minimum absolute atomic E-state index is 0.00835. The fourth-order valence-electron chi connectivity index (χ4n) is 1.47. The maximum absolute atomic E-state index is 12.0. The molecule has 4 nitrogen and oxygen atoms in total. The summed E-state index contributed by atoms with van der Waals surface area (Å²) in [7, 11) is 3.90. The smallest absolute Gasteiger partial charge is 0.251 e. The predicted molar refractivity (Wildman–Crippen MR) is 75.9 cm³/mol. The van der Waals surface area contributed by atoms with Gasteiger partial charge in [0.05, 0.1) is 0 Å². The Hall–Kier alpha value is -1.55. The largest absolute Gasteiger partial charge is 0.378 e. The van der Waals surface area contributed by atoms with Crippen LogP contribution in [0.5, 0.6) is 0 Å². The van der Waals surface area contributed by atoms with E-state index in [0.29, 0.717) is 18.0 Å². The molecule has 3 N–H and O–H groups in total. The van der Waals surface area contributed by atoms with Gasteiger partial charge in [-0.05, 0) is 24.1 Å². The Kier molecular flexibility index (Phi) is 5.16. The highest BCUT2D eigenvalue weighted by Crippen LogP contribution is 2.13. The molecule has 1 amide bonds. The molecular weight excluding hydrogens is 226 g/mol. The quantitative estimate of drug-likeness (QED) is 0.830. The van der Waals surface area contributed by atoms with E-state index in [4.69, 9.17) is 5.73 Å². The molecule has 1 aromatic rings. The van der Waals surface area contributed by atoms with Gasteiger partial charge >= 0.3 is 0 Å². The lowest BCUT2D eigenvalue weighted by Gasteiger charge is -2.17. The maximum atomic E-state index is 12.0. The second-order valence-corrected chi connectivity index (χ2v) is 5.06. The molecule has 0 saturated carbocycles. The van der Waals surface area contributed by atoms with Crippen LogP contribution < -0.4 is 16.0 Å². The van der Waals surface area contributed by atoms with Gasteiger partial charge < -0.3 is 16.0 Å². The Bertz CT molecular complexity index is 402. The molecule has 1 atom stereocenters. The van der Waals surface area contributed by atoms with Crippen LogP contribution in [0.3, 0.4) is 0 Å². The molecule has 1 rings (SSSR count). The van der Waals surface area contributed by atoms with E-state index in [1.807, 2.05) is 57.1 Å². The summed E-state index contributed by atoms with van der Waals surface area (Å²) in [6.45, 7) is 4.59.